The van der Waals surface area contributed by atoms with Crippen molar-refractivity contribution in [3.63, 3.8) is 0 Å². The Bertz CT molecular complexity index is 535. The van der Waals surface area contributed by atoms with Crippen LogP contribution in [0.2, 0.25) is 0 Å². The third-order valence-electron chi connectivity index (χ3n) is 2.43. The zero-order valence-corrected chi connectivity index (χ0v) is 9.79. The van der Waals surface area contributed by atoms with Crippen molar-refractivity contribution >= 4 is 11.3 Å². The maximum absolute atomic E-state index is 8.81. The van der Waals surface area contributed by atoms with Gasteiger partial charge in [-0.15, -0.1) is 11.3 Å². The van der Waals surface area contributed by atoms with Gasteiger partial charge in [-0.2, -0.15) is 5.26 Å². The lowest BCUT2D eigenvalue weighted by Crippen LogP contribution is -2.05. The van der Waals surface area contributed by atoms with Gasteiger partial charge in [0.15, 0.2) is 0 Å². The lowest BCUT2D eigenvalue weighted by atomic mass is 10.0. The normalized spacial score (nSPS) is 12.1. The average molecular weight is 228 g/mol. The molecule has 0 radical (unpaired) electrons. The Labute approximate surface area is 99.0 Å². The number of benzene rings is 1. The number of nitrogens with two attached hydrogens (primary N) is 1. The number of nitrogens with zero attached hydrogens (tertiary/aromatic N) is 1. The summed E-state index contributed by atoms with van der Waals surface area (Å²) >= 11 is 1.50. The summed E-state index contributed by atoms with van der Waals surface area (Å²) < 4.78 is 0. The lowest BCUT2D eigenvalue weighted by Gasteiger charge is -2.10. The van der Waals surface area contributed by atoms with E-state index in [0.29, 0.717) is 0 Å². The molecule has 3 heteroatoms. The van der Waals surface area contributed by atoms with Gasteiger partial charge in [-0.1, -0.05) is 24.3 Å². The van der Waals surface area contributed by atoms with E-state index in [4.69, 9.17) is 11.0 Å². The lowest BCUT2D eigenvalue weighted by molar-refractivity contribution is 0.821. The summed E-state index contributed by atoms with van der Waals surface area (Å²) in [5, 5.41) is 8.81. The van der Waals surface area contributed by atoms with E-state index in [-0.39, 0.29) is 6.04 Å². The Morgan fingerprint density at radius 2 is 2.00 bits per heavy atom. The number of thiophene rings is 1. The molecule has 2 N–H and O–H groups in total. The summed E-state index contributed by atoms with van der Waals surface area (Å²) in [6.07, 6.45) is 0. The summed E-state index contributed by atoms with van der Waals surface area (Å²) in [5.41, 5.74) is 8.18. The molecule has 0 spiro atoms. The molecule has 80 valence electrons. The highest BCUT2D eigenvalue weighted by atomic mass is 32.1. The molecule has 1 aromatic carbocycles. The number of hydrogen-bond donors (Lipinski definition) is 1. The van der Waals surface area contributed by atoms with Crippen molar-refractivity contribution in [2.24, 2.45) is 5.73 Å². The molecule has 1 aromatic heterocycles. The van der Waals surface area contributed by atoms with E-state index in [0.717, 1.165) is 20.9 Å². The number of rotatable bonds is 2. The minimum Gasteiger partial charge on any atom is -0.324 e. The number of nitriles is 1. The van der Waals surface area contributed by atoms with Crippen molar-refractivity contribution < 1.29 is 0 Å². The fraction of sp³-hybridized carbons (Fsp3) is 0.154. The standard InChI is InChI=1S/C13H12N2S/c1-9(15)11-4-2-3-5-12(11)13-7-6-10(8-14)16-13/h2-7,9H,15H2,1H3. The predicted octanol–water partition coefficient (Wildman–Crippen LogP) is 3.31. The summed E-state index contributed by atoms with van der Waals surface area (Å²) in [5.74, 6) is 0. The van der Waals surface area contributed by atoms with Gasteiger partial charge in [0.25, 0.3) is 0 Å². The van der Waals surface area contributed by atoms with Crippen LogP contribution in [0, 0.1) is 11.3 Å². The van der Waals surface area contributed by atoms with Crippen LogP contribution in [-0.2, 0) is 0 Å². The quantitative estimate of drug-likeness (QED) is 0.857. The molecular formula is C13H12N2S. The van der Waals surface area contributed by atoms with Crippen LogP contribution in [-0.4, -0.2) is 0 Å². The van der Waals surface area contributed by atoms with E-state index >= 15 is 0 Å². The molecule has 2 aromatic rings. The third kappa shape index (κ3) is 1.99. The Kier molecular flexibility index (Phi) is 3.04. The van der Waals surface area contributed by atoms with Crippen molar-refractivity contribution in [2.45, 2.75) is 13.0 Å². The van der Waals surface area contributed by atoms with E-state index < -0.39 is 0 Å². The van der Waals surface area contributed by atoms with Crippen LogP contribution in [0.5, 0.6) is 0 Å². The Morgan fingerprint density at radius 3 is 2.62 bits per heavy atom. The predicted molar refractivity (Wildman–Crippen MR) is 67.1 cm³/mol. The van der Waals surface area contributed by atoms with E-state index in [1.807, 2.05) is 43.3 Å². The molecule has 2 rings (SSSR count). The van der Waals surface area contributed by atoms with Crippen LogP contribution in [0.4, 0.5) is 0 Å². The van der Waals surface area contributed by atoms with Crippen LogP contribution in [0.3, 0.4) is 0 Å². The molecule has 0 amide bonds. The van der Waals surface area contributed by atoms with Gasteiger partial charge in [0.05, 0.1) is 0 Å². The highest BCUT2D eigenvalue weighted by Gasteiger charge is 2.09. The van der Waals surface area contributed by atoms with Crippen molar-refractivity contribution in [1.29, 1.82) is 5.26 Å². The average Bonchev–Trinajstić information content (AvgIpc) is 2.77. The molecule has 1 unspecified atom stereocenters. The fourth-order valence-corrected chi connectivity index (χ4v) is 2.51. The van der Waals surface area contributed by atoms with Gasteiger partial charge in [0.1, 0.15) is 10.9 Å². The minimum atomic E-state index is 0.00355. The Morgan fingerprint density at radius 1 is 1.25 bits per heavy atom. The third-order valence-corrected chi connectivity index (χ3v) is 3.46. The summed E-state index contributed by atoms with van der Waals surface area (Å²) in [6, 6.07) is 14.0. The molecule has 1 heterocycles. The molecule has 0 saturated carbocycles. The van der Waals surface area contributed by atoms with Gasteiger partial charge in [-0.3, -0.25) is 0 Å². The zero-order valence-electron chi connectivity index (χ0n) is 8.97. The topological polar surface area (TPSA) is 49.8 Å². The molecule has 0 aliphatic carbocycles. The van der Waals surface area contributed by atoms with Gasteiger partial charge in [0.2, 0.25) is 0 Å². The smallest absolute Gasteiger partial charge is 0.110 e. The van der Waals surface area contributed by atoms with E-state index in [1.165, 1.54) is 11.3 Å². The summed E-state index contributed by atoms with van der Waals surface area (Å²) in [4.78, 5) is 1.83. The number of hydrogen-bond acceptors (Lipinski definition) is 3. The second-order valence-corrected chi connectivity index (χ2v) is 4.74. The first-order valence-electron chi connectivity index (χ1n) is 5.07. The molecule has 0 aliphatic heterocycles. The second-order valence-electron chi connectivity index (χ2n) is 3.65. The van der Waals surface area contributed by atoms with E-state index in [1.54, 1.807) is 0 Å². The van der Waals surface area contributed by atoms with Crippen LogP contribution >= 0.6 is 11.3 Å². The van der Waals surface area contributed by atoms with Gasteiger partial charge in [0, 0.05) is 10.9 Å². The summed E-state index contributed by atoms with van der Waals surface area (Å²) in [7, 11) is 0. The van der Waals surface area contributed by atoms with Crippen LogP contribution in [0.1, 0.15) is 23.4 Å². The first-order chi connectivity index (χ1) is 7.72. The summed E-state index contributed by atoms with van der Waals surface area (Å²) in [6.45, 7) is 1.97. The molecule has 0 aliphatic rings. The highest BCUT2D eigenvalue weighted by molar-refractivity contribution is 7.16. The van der Waals surface area contributed by atoms with Gasteiger partial charge >= 0.3 is 0 Å². The first kappa shape index (κ1) is 10.9. The largest absolute Gasteiger partial charge is 0.324 e. The maximum Gasteiger partial charge on any atom is 0.110 e. The van der Waals surface area contributed by atoms with Crippen molar-refractivity contribution in [3.8, 4) is 16.5 Å². The SMILES string of the molecule is CC(N)c1ccccc1-c1ccc(C#N)s1. The van der Waals surface area contributed by atoms with Gasteiger partial charge in [-0.05, 0) is 30.2 Å². The monoisotopic (exact) mass is 228 g/mol. The Balaban J connectivity index is 2.52. The minimum absolute atomic E-state index is 0.00355. The van der Waals surface area contributed by atoms with Crippen molar-refractivity contribution in [1.82, 2.24) is 0 Å². The Hall–Kier alpha value is -1.63. The molecule has 16 heavy (non-hydrogen) atoms. The second kappa shape index (κ2) is 4.48. The highest BCUT2D eigenvalue weighted by Crippen LogP contribution is 2.32. The van der Waals surface area contributed by atoms with E-state index in [2.05, 4.69) is 6.07 Å². The first-order valence-corrected chi connectivity index (χ1v) is 5.89. The van der Waals surface area contributed by atoms with Gasteiger partial charge in [-0.25, -0.2) is 0 Å². The molecule has 0 fully saturated rings. The molecule has 0 bridgehead atoms. The zero-order chi connectivity index (χ0) is 11.5. The van der Waals surface area contributed by atoms with Crippen molar-refractivity contribution in [3.05, 3.63) is 46.8 Å². The molecule has 1 atom stereocenters. The maximum atomic E-state index is 8.81. The molecular weight excluding hydrogens is 216 g/mol. The molecule has 2 nitrogen and oxygen atoms in total. The van der Waals surface area contributed by atoms with Gasteiger partial charge < -0.3 is 5.73 Å². The molecule has 0 saturated heterocycles. The van der Waals surface area contributed by atoms with E-state index in [9.17, 15) is 0 Å². The van der Waals surface area contributed by atoms with Crippen LogP contribution in [0.15, 0.2) is 36.4 Å². The van der Waals surface area contributed by atoms with Crippen LogP contribution in [0.25, 0.3) is 10.4 Å². The van der Waals surface area contributed by atoms with Crippen molar-refractivity contribution in [2.75, 3.05) is 0 Å². The van der Waals surface area contributed by atoms with Crippen LogP contribution < -0.4 is 5.73 Å². The fourth-order valence-electron chi connectivity index (χ4n) is 1.66.